The van der Waals surface area contributed by atoms with Gasteiger partial charge in [0.2, 0.25) is 5.96 Å². The summed E-state index contributed by atoms with van der Waals surface area (Å²) in [6, 6.07) is 93.4. The van der Waals surface area contributed by atoms with Crippen LogP contribution in [0.4, 0.5) is 0 Å². The number of aromatic nitrogens is 2. The quantitative estimate of drug-likeness (QED) is 0.0667. The Morgan fingerprint density at radius 3 is 1.29 bits per heavy atom. The van der Waals surface area contributed by atoms with E-state index >= 15 is 0 Å². The third kappa shape index (κ3) is 7.35. The molecular weight excluding hydrogens is 855 g/mol. The fraction of sp³-hybridized carbons (Fsp3) is 0.0159. The Morgan fingerprint density at radius 2 is 0.754 bits per heavy atom. The van der Waals surface area contributed by atoms with E-state index in [1.54, 1.807) is 0 Å². The van der Waals surface area contributed by atoms with Gasteiger partial charge in [0.25, 0.3) is 0 Å². The Balaban J connectivity index is 1.04. The third-order valence-electron chi connectivity index (χ3n) is 13.7. The molecular formula is C63H47N5Si. The normalized spacial score (nSPS) is 12.3. The molecule has 0 amide bonds. The maximum atomic E-state index is 7.32. The van der Waals surface area contributed by atoms with Crippen molar-refractivity contribution >= 4 is 84.2 Å². The van der Waals surface area contributed by atoms with Gasteiger partial charge in [0.05, 0.1) is 22.1 Å². The summed E-state index contributed by atoms with van der Waals surface area (Å²) in [6.45, 7) is 0.326. The highest BCUT2D eigenvalue weighted by Crippen LogP contribution is 2.34. The fourth-order valence-corrected chi connectivity index (χ4v) is 15.2. The van der Waals surface area contributed by atoms with Gasteiger partial charge < -0.3 is 10.3 Å². The molecule has 0 aliphatic heterocycles. The number of rotatable bonds is 9. The number of hydrogen-bond acceptors (Lipinski definition) is 1. The van der Waals surface area contributed by atoms with Gasteiger partial charge in [-0.15, -0.1) is 0 Å². The summed E-state index contributed by atoms with van der Waals surface area (Å²) in [4.78, 5) is 10.8. The largest absolute Gasteiger partial charge is 0.369 e. The summed E-state index contributed by atoms with van der Waals surface area (Å²) in [5, 5.41) is 9.78. The number of para-hydroxylation sites is 2. The number of aliphatic imine (C=N–C) groups is 2. The van der Waals surface area contributed by atoms with Gasteiger partial charge in [0.15, 0.2) is 13.9 Å². The summed E-state index contributed by atoms with van der Waals surface area (Å²) < 4.78 is 4.37. The van der Waals surface area contributed by atoms with Crippen molar-refractivity contribution in [2.45, 2.75) is 6.67 Å². The topological polar surface area (TPSA) is 60.6 Å². The molecule has 5 nitrogen and oxygen atoms in total. The van der Waals surface area contributed by atoms with Crippen molar-refractivity contribution < 1.29 is 0 Å². The van der Waals surface area contributed by atoms with E-state index in [4.69, 9.17) is 15.7 Å². The lowest BCUT2D eigenvalue weighted by Crippen LogP contribution is -2.74. The molecule has 6 heteroatoms. The van der Waals surface area contributed by atoms with Gasteiger partial charge in [-0.1, -0.05) is 224 Å². The molecule has 0 bridgehead atoms. The van der Waals surface area contributed by atoms with Gasteiger partial charge in [0, 0.05) is 27.1 Å². The van der Waals surface area contributed by atoms with Crippen molar-refractivity contribution in [2.24, 2.45) is 15.7 Å². The van der Waals surface area contributed by atoms with Crippen LogP contribution >= 0.6 is 0 Å². The molecule has 0 unspecified atom stereocenters. The Kier molecular flexibility index (Phi) is 10.7. The number of nitrogens with two attached hydrogens (primary N) is 1. The zero-order valence-corrected chi connectivity index (χ0v) is 38.9. The lowest BCUT2D eigenvalue weighted by molar-refractivity contribution is 0.791. The average Bonchev–Trinajstić information content (AvgIpc) is 3.93. The second-order valence-corrected chi connectivity index (χ2v) is 21.3. The number of nitrogens with zero attached hydrogens (tertiary/aromatic N) is 4. The highest BCUT2D eigenvalue weighted by molar-refractivity contribution is 7.19. The first-order valence-corrected chi connectivity index (χ1v) is 25.5. The molecule has 0 aliphatic carbocycles. The van der Waals surface area contributed by atoms with Gasteiger partial charge in [-0.3, -0.25) is 4.57 Å². The Bertz CT molecular complexity index is 3750. The van der Waals surface area contributed by atoms with Crippen molar-refractivity contribution in [3.63, 3.8) is 0 Å². The van der Waals surface area contributed by atoms with E-state index in [2.05, 4.69) is 270 Å². The maximum Gasteiger partial charge on any atom is 0.207 e. The van der Waals surface area contributed by atoms with E-state index in [0.29, 0.717) is 18.5 Å². The molecule has 0 fully saturated rings. The highest BCUT2D eigenvalue weighted by Gasteiger charge is 2.41. The molecule has 0 aliphatic rings. The van der Waals surface area contributed by atoms with Crippen molar-refractivity contribution in [3.05, 3.63) is 266 Å². The van der Waals surface area contributed by atoms with Gasteiger partial charge in [-0.2, -0.15) is 4.99 Å². The van der Waals surface area contributed by atoms with Gasteiger partial charge in [-0.25, -0.2) is 4.99 Å². The van der Waals surface area contributed by atoms with Crippen LogP contribution in [0.1, 0.15) is 5.56 Å². The fourth-order valence-electron chi connectivity index (χ4n) is 10.5. The van der Waals surface area contributed by atoms with Crippen LogP contribution < -0.4 is 26.5 Å². The molecule has 12 aromatic rings. The van der Waals surface area contributed by atoms with Gasteiger partial charge in [-0.05, 0) is 79.4 Å². The Morgan fingerprint density at radius 1 is 0.362 bits per heavy atom. The van der Waals surface area contributed by atoms with Gasteiger partial charge in [0.1, 0.15) is 6.67 Å². The van der Waals surface area contributed by atoms with E-state index in [1.807, 2.05) is 0 Å². The highest BCUT2D eigenvalue weighted by atomic mass is 28.3. The van der Waals surface area contributed by atoms with E-state index in [9.17, 15) is 0 Å². The number of benzene rings is 10. The zero-order valence-electron chi connectivity index (χ0n) is 37.9. The van der Waals surface area contributed by atoms with Crippen LogP contribution in [0, 0.1) is 0 Å². The summed E-state index contributed by atoms with van der Waals surface area (Å²) in [6.07, 6.45) is 0. The number of hydrogen-bond donors (Lipinski definition) is 1. The SMILES string of the molecule is NC(=N/C(=N\Cn1c2ccccc2c2cc(-c3ccccc3)ccc21)c1ccc([Si](c2ccccc2)(c2ccccc2)c2ccccc2)cc1)n1c2ccccc2c2cc(-c3ccccc3)ccc21. The molecule has 10 aromatic carbocycles. The molecule has 2 heterocycles. The predicted molar refractivity (Wildman–Crippen MR) is 293 cm³/mol. The summed E-state index contributed by atoms with van der Waals surface area (Å²) in [7, 11) is -2.78. The first kappa shape index (κ1) is 41.6. The van der Waals surface area contributed by atoms with E-state index < -0.39 is 8.07 Å². The molecule has 328 valence electrons. The Hall–Kier alpha value is -8.84. The molecule has 0 saturated heterocycles. The van der Waals surface area contributed by atoms with Crippen molar-refractivity contribution in [3.8, 4) is 22.3 Å². The van der Waals surface area contributed by atoms with Crippen molar-refractivity contribution in [1.29, 1.82) is 0 Å². The molecule has 2 N–H and O–H groups in total. The van der Waals surface area contributed by atoms with Crippen LogP contribution in [0.3, 0.4) is 0 Å². The summed E-state index contributed by atoms with van der Waals surface area (Å²) in [5.41, 5.74) is 17.0. The number of fused-ring (bicyclic) bond motifs is 6. The lowest BCUT2D eigenvalue weighted by atomic mass is 10.0. The van der Waals surface area contributed by atoms with Crippen LogP contribution in [0.25, 0.3) is 65.9 Å². The van der Waals surface area contributed by atoms with Crippen LogP contribution in [-0.2, 0) is 6.67 Å². The lowest BCUT2D eigenvalue weighted by Gasteiger charge is -2.34. The van der Waals surface area contributed by atoms with E-state index in [1.165, 1.54) is 42.6 Å². The molecule has 0 saturated carbocycles. The smallest absolute Gasteiger partial charge is 0.207 e. The Labute approximate surface area is 402 Å². The third-order valence-corrected chi connectivity index (χ3v) is 18.5. The van der Waals surface area contributed by atoms with Crippen molar-refractivity contribution in [1.82, 2.24) is 9.13 Å². The van der Waals surface area contributed by atoms with Crippen molar-refractivity contribution in [2.75, 3.05) is 0 Å². The number of amidine groups is 1. The van der Waals surface area contributed by atoms with Crippen LogP contribution in [0.15, 0.2) is 271 Å². The minimum atomic E-state index is -2.78. The van der Waals surface area contributed by atoms with E-state index in [0.717, 1.165) is 49.5 Å². The summed E-state index contributed by atoms with van der Waals surface area (Å²) >= 11 is 0. The molecule has 0 atom stereocenters. The second-order valence-electron chi connectivity index (χ2n) is 17.5. The van der Waals surface area contributed by atoms with Crippen LogP contribution in [0.5, 0.6) is 0 Å². The maximum absolute atomic E-state index is 7.32. The molecule has 0 radical (unpaired) electrons. The second kappa shape index (κ2) is 17.8. The monoisotopic (exact) mass is 901 g/mol. The predicted octanol–water partition coefficient (Wildman–Crippen LogP) is 11.9. The minimum absolute atomic E-state index is 0.326. The molecule has 0 spiro atoms. The molecule has 69 heavy (non-hydrogen) atoms. The first-order chi connectivity index (χ1) is 34.1. The van der Waals surface area contributed by atoms with Crippen LogP contribution in [0.2, 0.25) is 0 Å². The zero-order chi connectivity index (χ0) is 46.2. The van der Waals surface area contributed by atoms with Crippen LogP contribution in [-0.4, -0.2) is 29.0 Å². The van der Waals surface area contributed by atoms with Gasteiger partial charge >= 0.3 is 0 Å². The molecule has 12 rings (SSSR count). The first-order valence-electron chi connectivity index (χ1n) is 23.5. The average molecular weight is 902 g/mol. The van der Waals surface area contributed by atoms with E-state index in [-0.39, 0.29) is 0 Å². The summed E-state index contributed by atoms with van der Waals surface area (Å²) in [5.74, 6) is 0.886. The molecule has 2 aromatic heterocycles. The standard InChI is InChI=1S/C63H47N5Si/c64-63(68-60-33-19-17-31-55(60)57-43-49(37-41-61(57)68)46-22-8-2-9-23-46)66-62(65-44-67-58-32-18-16-30-54(58)56-42-48(36-40-59(56)67)45-20-6-1-7-21-45)47-34-38-53(39-35-47)69(50-24-10-3-11-25-50,51-26-12-4-13-27-51)52-28-14-5-15-29-52/h1-43H,44H2,(H2,64,65,66). The minimum Gasteiger partial charge on any atom is -0.369 e.